The third-order valence-electron chi connectivity index (χ3n) is 2.39. The molecule has 3 heteroatoms. The number of carbonyl (C=O) groups excluding carboxylic acids is 1. The van der Waals surface area contributed by atoms with Crippen molar-refractivity contribution in [2.75, 3.05) is 6.54 Å². The van der Waals surface area contributed by atoms with Gasteiger partial charge in [0.15, 0.2) is 0 Å². The standard InChI is InChI=1S/C14H22N2O/c1-10-5-11(2)7-12(6-10)8-13(17)16-9-14(3,4)15/h5-7H,8-9,15H2,1-4H3,(H,16,17). The molecule has 0 aliphatic rings. The van der Waals surface area contributed by atoms with Crippen LogP contribution in [0.1, 0.15) is 30.5 Å². The fourth-order valence-corrected chi connectivity index (χ4v) is 1.75. The van der Waals surface area contributed by atoms with Crippen molar-refractivity contribution in [3.63, 3.8) is 0 Å². The second-order valence-corrected chi connectivity index (χ2v) is 5.44. The monoisotopic (exact) mass is 234 g/mol. The van der Waals surface area contributed by atoms with Crippen LogP contribution >= 0.6 is 0 Å². The van der Waals surface area contributed by atoms with E-state index in [1.165, 1.54) is 11.1 Å². The Balaban J connectivity index is 2.56. The lowest BCUT2D eigenvalue weighted by Gasteiger charge is -2.18. The lowest BCUT2D eigenvalue weighted by molar-refractivity contribution is -0.120. The van der Waals surface area contributed by atoms with Crippen LogP contribution in [0.25, 0.3) is 0 Å². The van der Waals surface area contributed by atoms with Crippen molar-refractivity contribution in [1.29, 1.82) is 0 Å². The van der Waals surface area contributed by atoms with Crippen molar-refractivity contribution in [2.24, 2.45) is 5.73 Å². The van der Waals surface area contributed by atoms with Gasteiger partial charge in [-0.25, -0.2) is 0 Å². The molecule has 17 heavy (non-hydrogen) atoms. The summed E-state index contributed by atoms with van der Waals surface area (Å²) in [6, 6.07) is 6.19. The zero-order chi connectivity index (χ0) is 13.1. The van der Waals surface area contributed by atoms with E-state index >= 15 is 0 Å². The number of carbonyl (C=O) groups is 1. The van der Waals surface area contributed by atoms with Crippen LogP contribution in [0.15, 0.2) is 18.2 Å². The molecule has 0 radical (unpaired) electrons. The second kappa shape index (κ2) is 5.32. The largest absolute Gasteiger partial charge is 0.354 e. The zero-order valence-electron chi connectivity index (χ0n) is 11.1. The summed E-state index contributed by atoms with van der Waals surface area (Å²) in [5, 5.41) is 2.85. The summed E-state index contributed by atoms with van der Waals surface area (Å²) >= 11 is 0. The molecule has 0 unspecified atom stereocenters. The first-order valence-corrected chi connectivity index (χ1v) is 5.89. The average molecular weight is 234 g/mol. The molecule has 0 aliphatic carbocycles. The van der Waals surface area contributed by atoms with Gasteiger partial charge in [-0.05, 0) is 33.3 Å². The molecule has 0 spiro atoms. The van der Waals surface area contributed by atoms with Crippen molar-refractivity contribution in [2.45, 2.75) is 39.7 Å². The van der Waals surface area contributed by atoms with E-state index in [4.69, 9.17) is 5.73 Å². The first-order valence-electron chi connectivity index (χ1n) is 5.89. The van der Waals surface area contributed by atoms with Gasteiger partial charge in [-0.3, -0.25) is 4.79 Å². The molecule has 3 N–H and O–H groups in total. The van der Waals surface area contributed by atoms with Crippen LogP contribution in [0.3, 0.4) is 0 Å². The number of hydrogen-bond donors (Lipinski definition) is 2. The smallest absolute Gasteiger partial charge is 0.224 e. The van der Waals surface area contributed by atoms with Crippen LogP contribution in [0.5, 0.6) is 0 Å². The van der Waals surface area contributed by atoms with Crippen LogP contribution < -0.4 is 11.1 Å². The van der Waals surface area contributed by atoms with E-state index in [0.717, 1.165) is 5.56 Å². The predicted molar refractivity (Wildman–Crippen MR) is 70.9 cm³/mol. The van der Waals surface area contributed by atoms with Gasteiger partial charge in [0.1, 0.15) is 0 Å². The molecule has 0 atom stereocenters. The second-order valence-electron chi connectivity index (χ2n) is 5.44. The van der Waals surface area contributed by atoms with Gasteiger partial charge in [-0.1, -0.05) is 29.3 Å². The quantitative estimate of drug-likeness (QED) is 0.833. The van der Waals surface area contributed by atoms with E-state index in [9.17, 15) is 4.79 Å². The summed E-state index contributed by atoms with van der Waals surface area (Å²) in [4.78, 5) is 11.7. The van der Waals surface area contributed by atoms with E-state index < -0.39 is 0 Å². The van der Waals surface area contributed by atoms with Gasteiger partial charge in [0, 0.05) is 12.1 Å². The van der Waals surface area contributed by atoms with Gasteiger partial charge in [0.25, 0.3) is 0 Å². The molecule has 0 bridgehead atoms. The minimum Gasteiger partial charge on any atom is -0.354 e. The van der Waals surface area contributed by atoms with Gasteiger partial charge < -0.3 is 11.1 Å². The number of nitrogens with one attached hydrogen (secondary N) is 1. The summed E-state index contributed by atoms with van der Waals surface area (Å²) in [6.45, 7) is 8.36. The summed E-state index contributed by atoms with van der Waals surface area (Å²) in [7, 11) is 0. The Hall–Kier alpha value is -1.35. The van der Waals surface area contributed by atoms with Crippen molar-refractivity contribution in [3.8, 4) is 0 Å². The number of amides is 1. The molecule has 1 rings (SSSR count). The van der Waals surface area contributed by atoms with Gasteiger partial charge in [0.2, 0.25) is 5.91 Å². The highest BCUT2D eigenvalue weighted by molar-refractivity contribution is 5.78. The van der Waals surface area contributed by atoms with Gasteiger partial charge >= 0.3 is 0 Å². The maximum absolute atomic E-state index is 11.7. The molecule has 0 aliphatic heterocycles. The molecule has 0 fully saturated rings. The Morgan fingerprint density at radius 2 is 1.76 bits per heavy atom. The fourth-order valence-electron chi connectivity index (χ4n) is 1.75. The number of aryl methyl sites for hydroxylation is 2. The zero-order valence-corrected chi connectivity index (χ0v) is 11.1. The Bertz CT molecular complexity index is 385. The van der Waals surface area contributed by atoms with Crippen LogP contribution in [0.2, 0.25) is 0 Å². The third kappa shape index (κ3) is 5.50. The fraction of sp³-hybridized carbons (Fsp3) is 0.500. The molecule has 3 nitrogen and oxygen atoms in total. The molecule has 0 aromatic heterocycles. The lowest BCUT2D eigenvalue weighted by Crippen LogP contribution is -2.45. The van der Waals surface area contributed by atoms with Crippen molar-refractivity contribution in [3.05, 3.63) is 34.9 Å². The van der Waals surface area contributed by atoms with E-state index in [1.807, 2.05) is 39.8 Å². The average Bonchev–Trinajstić information content (AvgIpc) is 2.11. The minimum atomic E-state index is -0.363. The van der Waals surface area contributed by atoms with Crippen molar-refractivity contribution < 1.29 is 4.79 Å². The van der Waals surface area contributed by atoms with Gasteiger partial charge in [0.05, 0.1) is 6.42 Å². The Morgan fingerprint density at radius 3 is 2.24 bits per heavy atom. The summed E-state index contributed by atoms with van der Waals surface area (Å²) in [5.74, 6) is 0.0218. The minimum absolute atomic E-state index is 0.0218. The highest BCUT2D eigenvalue weighted by atomic mass is 16.1. The third-order valence-corrected chi connectivity index (χ3v) is 2.39. The van der Waals surface area contributed by atoms with Crippen LogP contribution in [-0.4, -0.2) is 18.0 Å². The van der Waals surface area contributed by atoms with Crippen LogP contribution in [0.4, 0.5) is 0 Å². The van der Waals surface area contributed by atoms with E-state index in [2.05, 4.69) is 11.4 Å². The van der Waals surface area contributed by atoms with Crippen molar-refractivity contribution >= 4 is 5.91 Å². The van der Waals surface area contributed by atoms with Crippen molar-refractivity contribution in [1.82, 2.24) is 5.32 Å². The summed E-state index contributed by atoms with van der Waals surface area (Å²) in [5.41, 5.74) is 8.87. The normalized spacial score (nSPS) is 11.4. The van der Waals surface area contributed by atoms with E-state index in [0.29, 0.717) is 13.0 Å². The highest BCUT2D eigenvalue weighted by Crippen LogP contribution is 2.09. The Kier molecular flexibility index (Phi) is 4.29. The highest BCUT2D eigenvalue weighted by Gasteiger charge is 2.12. The number of benzene rings is 1. The topological polar surface area (TPSA) is 55.1 Å². The summed E-state index contributed by atoms with van der Waals surface area (Å²) in [6.07, 6.45) is 0.415. The SMILES string of the molecule is Cc1cc(C)cc(CC(=O)NCC(C)(C)N)c1. The molecule has 1 aromatic carbocycles. The number of rotatable bonds is 4. The summed E-state index contributed by atoms with van der Waals surface area (Å²) < 4.78 is 0. The maximum atomic E-state index is 11.7. The molecule has 0 saturated heterocycles. The molecule has 1 amide bonds. The molecule has 0 heterocycles. The molecular formula is C14H22N2O. The van der Waals surface area contributed by atoms with E-state index in [1.54, 1.807) is 0 Å². The lowest BCUT2D eigenvalue weighted by atomic mass is 10.0. The van der Waals surface area contributed by atoms with Crippen LogP contribution in [-0.2, 0) is 11.2 Å². The van der Waals surface area contributed by atoms with Crippen LogP contribution in [0, 0.1) is 13.8 Å². The predicted octanol–water partition coefficient (Wildman–Crippen LogP) is 1.70. The number of nitrogens with two attached hydrogens (primary N) is 1. The number of hydrogen-bond acceptors (Lipinski definition) is 2. The molecule has 94 valence electrons. The van der Waals surface area contributed by atoms with Gasteiger partial charge in [-0.15, -0.1) is 0 Å². The Labute approximate surface area is 103 Å². The first kappa shape index (κ1) is 13.7. The molecule has 0 saturated carbocycles. The Morgan fingerprint density at radius 1 is 1.24 bits per heavy atom. The van der Waals surface area contributed by atoms with Gasteiger partial charge in [-0.2, -0.15) is 0 Å². The first-order chi connectivity index (χ1) is 7.76. The molecular weight excluding hydrogens is 212 g/mol. The molecule has 1 aromatic rings. The maximum Gasteiger partial charge on any atom is 0.224 e. The van der Waals surface area contributed by atoms with E-state index in [-0.39, 0.29) is 11.4 Å².